The van der Waals surface area contributed by atoms with E-state index in [2.05, 4.69) is 73.0 Å². The quantitative estimate of drug-likeness (QED) is 0.143. The van der Waals surface area contributed by atoms with Crippen molar-refractivity contribution in [1.29, 1.82) is 0 Å². The van der Waals surface area contributed by atoms with Crippen LogP contribution in [0.5, 0.6) is 0 Å². The fraction of sp³-hybridized carbons (Fsp3) is 0.538. The molecule has 0 aliphatic rings. The third-order valence-corrected chi connectivity index (χ3v) is 4.96. The van der Waals surface area contributed by atoms with Gasteiger partial charge in [0.2, 0.25) is 5.91 Å². The largest absolute Gasteiger partial charge is 0.465 e. The molecule has 1 N–H and O–H groups in total. The summed E-state index contributed by atoms with van der Waals surface area (Å²) >= 11 is 1.48. The van der Waals surface area contributed by atoms with Gasteiger partial charge in [-0.2, -0.15) is 0 Å². The second-order valence-corrected chi connectivity index (χ2v) is 7.91. The number of unbranched alkanes of at least 4 members (excludes halogenated alkanes) is 1. The van der Waals surface area contributed by atoms with Gasteiger partial charge in [0.1, 0.15) is 0 Å². The molecule has 174 valence electrons. The summed E-state index contributed by atoms with van der Waals surface area (Å²) in [5.41, 5.74) is 0. The van der Waals surface area contributed by atoms with Crippen LogP contribution in [0.3, 0.4) is 0 Å². The molecule has 0 saturated heterocycles. The van der Waals surface area contributed by atoms with E-state index in [0.29, 0.717) is 25.3 Å². The first-order valence-corrected chi connectivity index (χ1v) is 12.6. The molecule has 0 rings (SSSR count). The number of esters is 1. The van der Waals surface area contributed by atoms with E-state index in [9.17, 15) is 9.59 Å². The summed E-state index contributed by atoms with van der Waals surface area (Å²) in [5, 5.41) is 2.88. The minimum Gasteiger partial charge on any atom is -0.465 e. The number of allylic oxidation sites excluding steroid dienone is 10. The maximum Gasteiger partial charge on any atom is 0.315 e. The van der Waals surface area contributed by atoms with Gasteiger partial charge in [-0.25, -0.2) is 0 Å². The molecule has 4 nitrogen and oxygen atoms in total. The lowest BCUT2D eigenvalue weighted by Crippen LogP contribution is -2.25. The second kappa shape index (κ2) is 24.3. The van der Waals surface area contributed by atoms with Crippen LogP contribution in [-0.2, 0) is 14.3 Å². The second-order valence-electron chi connectivity index (χ2n) is 6.81. The molecule has 31 heavy (non-hydrogen) atoms. The summed E-state index contributed by atoms with van der Waals surface area (Å²) in [5.74, 6) is 0.938. The van der Waals surface area contributed by atoms with Crippen LogP contribution < -0.4 is 5.32 Å². The summed E-state index contributed by atoms with van der Waals surface area (Å²) in [6.07, 6.45) is 29.2. The van der Waals surface area contributed by atoms with Crippen LogP contribution in [0.25, 0.3) is 0 Å². The van der Waals surface area contributed by atoms with Crippen LogP contribution in [0.2, 0.25) is 0 Å². The molecule has 0 aliphatic carbocycles. The molecule has 0 saturated carbocycles. The highest BCUT2D eigenvalue weighted by Crippen LogP contribution is 2.01. The summed E-state index contributed by atoms with van der Waals surface area (Å²) in [7, 11) is 0. The van der Waals surface area contributed by atoms with Gasteiger partial charge in [0, 0.05) is 18.7 Å². The number of hydrogen-bond acceptors (Lipinski definition) is 4. The van der Waals surface area contributed by atoms with Crippen molar-refractivity contribution in [2.75, 3.05) is 24.7 Å². The summed E-state index contributed by atoms with van der Waals surface area (Å²) in [4.78, 5) is 22.9. The number of rotatable bonds is 19. The summed E-state index contributed by atoms with van der Waals surface area (Å²) in [6, 6.07) is 0. The van der Waals surface area contributed by atoms with Crippen molar-refractivity contribution in [1.82, 2.24) is 5.32 Å². The number of thioether (sulfide) groups is 1. The van der Waals surface area contributed by atoms with Gasteiger partial charge in [0.25, 0.3) is 0 Å². The number of carbonyl (C=O) groups is 2. The SMILES string of the molecule is CC/C=C\C/C=C\C/C=C\C/C=C\C/C=C\CCCC(=O)NCCSCC(=O)OCC. The predicted octanol–water partition coefficient (Wildman–Crippen LogP) is 6.32. The lowest BCUT2D eigenvalue weighted by molar-refractivity contribution is -0.139. The fourth-order valence-corrected chi connectivity index (χ4v) is 3.10. The molecule has 0 aliphatic heterocycles. The Kier molecular flexibility index (Phi) is 22.7. The smallest absolute Gasteiger partial charge is 0.315 e. The maximum absolute atomic E-state index is 11.7. The Labute approximate surface area is 194 Å². The number of ether oxygens (including phenoxy) is 1. The molecule has 0 aromatic rings. The van der Waals surface area contributed by atoms with E-state index in [-0.39, 0.29) is 11.9 Å². The summed E-state index contributed by atoms with van der Waals surface area (Å²) < 4.78 is 4.85. The van der Waals surface area contributed by atoms with Gasteiger partial charge in [-0.3, -0.25) is 9.59 Å². The van der Waals surface area contributed by atoms with Crippen LogP contribution in [-0.4, -0.2) is 36.5 Å². The molecule has 0 bridgehead atoms. The zero-order chi connectivity index (χ0) is 22.8. The van der Waals surface area contributed by atoms with Gasteiger partial charge in [-0.05, 0) is 51.9 Å². The van der Waals surface area contributed by atoms with Crippen molar-refractivity contribution in [2.24, 2.45) is 0 Å². The molecule has 0 spiro atoms. The van der Waals surface area contributed by atoms with E-state index in [1.807, 2.05) is 0 Å². The van der Waals surface area contributed by atoms with Crippen molar-refractivity contribution in [3.8, 4) is 0 Å². The predicted molar refractivity (Wildman–Crippen MR) is 135 cm³/mol. The van der Waals surface area contributed by atoms with E-state index in [1.54, 1.807) is 6.92 Å². The highest BCUT2D eigenvalue weighted by atomic mass is 32.2. The van der Waals surface area contributed by atoms with Gasteiger partial charge in [-0.15, -0.1) is 11.8 Å². The first kappa shape index (κ1) is 29.0. The van der Waals surface area contributed by atoms with Gasteiger partial charge in [-0.1, -0.05) is 67.7 Å². The average molecular weight is 448 g/mol. The Morgan fingerprint density at radius 3 is 1.90 bits per heavy atom. The van der Waals surface area contributed by atoms with E-state index in [1.165, 1.54) is 11.8 Å². The molecule has 0 aromatic carbocycles. The highest BCUT2D eigenvalue weighted by Gasteiger charge is 2.02. The van der Waals surface area contributed by atoms with E-state index >= 15 is 0 Å². The van der Waals surface area contributed by atoms with Crippen molar-refractivity contribution in [3.63, 3.8) is 0 Å². The Bertz CT molecular complexity index is 591. The topological polar surface area (TPSA) is 55.4 Å². The number of carbonyl (C=O) groups excluding carboxylic acids is 2. The van der Waals surface area contributed by atoms with Crippen LogP contribution >= 0.6 is 11.8 Å². The molecular weight excluding hydrogens is 406 g/mol. The first-order valence-electron chi connectivity index (χ1n) is 11.5. The minimum atomic E-state index is -0.198. The van der Waals surface area contributed by atoms with Crippen LogP contribution in [0.15, 0.2) is 60.8 Å². The Balaban J connectivity index is 3.51. The van der Waals surface area contributed by atoms with Gasteiger partial charge in [0.05, 0.1) is 12.4 Å². The van der Waals surface area contributed by atoms with Crippen molar-refractivity contribution in [2.45, 2.75) is 65.2 Å². The Hall–Kier alpha value is -2.01. The standard InChI is InChI=1S/C26H41NO3S/c1-3-5-6-7-8-9-10-11-12-13-14-15-16-17-18-19-20-21-25(28)27-22-23-31-24-26(29)30-4-2/h5-6,8-9,11-12,14-15,17-18H,3-4,7,10,13,16,19-24H2,1-2H3,(H,27,28)/b6-5-,9-8-,12-11-,15-14-,18-17-. The summed E-state index contributed by atoms with van der Waals surface area (Å²) in [6.45, 7) is 4.94. The number of nitrogens with one attached hydrogen (secondary N) is 1. The average Bonchev–Trinajstić information content (AvgIpc) is 2.76. The zero-order valence-electron chi connectivity index (χ0n) is 19.4. The third-order valence-electron chi connectivity index (χ3n) is 4.03. The highest BCUT2D eigenvalue weighted by molar-refractivity contribution is 7.99. The van der Waals surface area contributed by atoms with E-state index in [0.717, 1.165) is 50.7 Å². The Morgan fingerprint density at radius 2 is 1.35 bits per heavy atom. The Morgan fingerprint density at radius 1 is 0.806 bits per heavy atom. The molecule has 0 fully saturated rings. The first-order chi connectivity index (χ1) is 15.2. The van der Waals surface area contributed by atoms with Crippen LogP contribution in [0, 0.1) is 0 Å². The lowest BCUT2D eigenvalue weighted by atomic mass is 10.2. The van der Waals surface area contributed by atoms with Crippen LogP contribution in [0.4, 0.5) is 0 Å². The van der Waals surface area contributed by atoms with Gasteiger partial charge >= 0.3 is 5.97 Å². The number of hydrogen-bond donors (Lipinski definition) is 1. The van der Waals surface area contributed by atoms with Crippen molar-refractivity contribution < 1.29 is 14.3 Å². The van der Waals surface area contributed by atoms with Crippen molar-refractivity contribution >= 4 is 23.6 Å². The minimum absolute atomic E-state index is 0.0732. The van der Waals surface area contributed by atoms with E-state index in [4.69, 9.17) is 4.74 Å². The molecule has 0 heterocycles. The maximum atomic E-state index is 11.7. The molecular formula is C26H41NO3S. The van der Waals surface area contributed by atoms with Crippen molar-refractivity contribution in [3.05, 3.63) is 60.8 Å². The lowest BCUT2D eigenvalue weighted by Gasteiger charge is -2.04. The fourth-order valence-electron chi connectivity index (χ4n) is 2.46. The monoisotopic (exact) mass is 447 g/mol. The normalized spacial score (nSPS) is 12.2. The molecule has 0 radical (unpaired) electrons. The number of amides is 1. The van der Waals surface area contributed by atoms with Crippen LogP contribution in [0.1, 0.15) is 65.2 Å². The molecule has 0 unspecified atom stereocenters. The molecule has 0 aromatic heterocycles. The third kappa shape index (κ3) is 24.1. The van der Waals surface area contributed by atoms with E-state index < -0.39 is 0 Å². The molecule has 1 amide bonds. The molecule has 0 atom stereocenters. The van der Waals surface area contributed by atoms with Gasteiger partial charge < -0.3 is 10.1 Å². The van der Waals surface area contributed by atoms with Gasteiger partial charge in [0.15, 0.2) is 0 Å². The molecule has 5 heteroatoms. The zero-order valence-corrected chi connectivity index (χ0v) is 20.2.